The summed E-state index contributed by atoms with van der Waals surface area (Å²) in [6.07, 6.45) is -3.77. The number of carboxylic acids is 1. The highest BCUT2D eigenvalue weighted by molar-refractivity contribution is 14.1. The van der Waals surface area contributed by atoms with E-state index in [9.17, 15) is 18.0 Å². The lowest BCUT2D eigenvalue weighted by molar-refractivity contribution is -0.275. The van der Waals surface area contributed by atoms with Gasteiger partial charge in [0.25, 0.3) is 0 Å². The van der Waals surface area contributed by atoms with Crippen molar-refractivity contribution >= 4 is 28.6 Å². The fourth-order valence-electron chi connectivity index (χ4n) is 1.01. The van der Waals surface area contributed by atoms with Crippen LogP contribution in [-0.4, -0.2) is 22.4 Å². The molecular formula is C8H5F3INO3. The van der Waals surface area contributed by atoms with Crippen molar-refractivity contribution in [1.82, 2.24) is 4.98 Å². The van der Waals surface area contributed by atoms with E-state index in [2.05, 4.69) is 9.72 Å². The molecule has 1 heterocycles. The van der Waals surface area contributed by atoms with Gasteiger partial charge in [0.05, 0.1) is 5.69 Å². The minimum atomic E-state index is -4.94. The van der Waals surface area contributed by atoms with Crippen LogP contribution in [-0.2, 0) is 0 Å². The molecule has 0 radical (unpaired) electrons. The summed E-state index contributed by atoms with van der Waals surface area (Å²) in [6, 6.07) is 0. The number of hydrogen-bond donors (Lipinski definition) is 1. The highest BCUT2D eigenvalue weighted by Crippen LogP contribution is 2.31. The summed E-state index contributed by atoms with van der Waals surface area (Å²) in [5, 5.41) is 8.79. The van der Waals surface area contributed by atoms with Crippen molar-refractivity contribution in [2.75, 3.05) is 0 Å². The highest BCUT2D eigenvalue weighted by Gasteiger charge is 2.34. The molecule has 88 valence electrons. The molecule has 0 amide bonds. The Bertz CT molecular complexity index is 433. The fraction of sp³-hybridized carbons (Fsp3) is 0.250. The van der Waals surface area contributed by atoms with Crippen LogP contribution in [0.5, 0.6) is 5.75 Å². The zero-order valence-corrected chi connectivity index (χ0v) is 9.96. The van der Waals surface area contributed by atoms with Crippen molar-refractivity contribution in [2.24, 2.45) is 0 Å². The number of hydrogen-bond acceptors (Lipinski definition) is 3. The van der Waals surface area contributed by atoms with Crippen molar-refractivity contribution in [3.8, 4) is 5.75 Å². The number of carboxylic acid groups (broad SMARTS) is 1. The van der Waals surface area contributed by atoms with E-state index in [1.54, 1.807) is 22.6 Å². The van der Waals surface area contributed by atoms with Gasteiger partial charge in [0, 0.05) is 9.77 Å². The molecule has 1 rings (SSSR count). The van der Waals surface area contributed by atoms with Crippen molar-refractivity contribution < 1.29 is 27.8 Å². The Balaban J connectivity index is 3.35. The number of alkyl halides is 3. The fourth-order valence-corrected chi connectivity index (χ4v) is 1.62. The third-order valence-corrected chi connectivity index (χ3v) is 2.42. The molecule has 0 unspecified atom stereocenters. The highest BCUT2D eigenvalue weighted by atomic mass is 127. The van der Waals surface area contributed by atoms with Crippen LogP contribution in [0.3, 0.4) is 0 Å². The number of ether oxygens (including phenoxy) is 1. The van der Waals surface area contributed by atoms with E-state index in [4.69, 9.17) is 5.11 Å². The zero-order valence-electron chi connectivity index (χ0n) is 7.80. The predicted molar refractivity (Wildman–Crippen MR) is 55.3 cm³/mol. The lowest BCUT2D eigenvalue weighted by Gasteiger charge is -2.13. The quantitative estimate of drug-likeness (QED) is 0.836. The van der Waals surface area contributed by atoms with Gasteiger partial charge in [0.15, 0.2) is 5.75 Å². The van der Waals surface area contributed by atoms with Gasteiger partial charge in [0.1, 0.15) is 5.56 Å². The first kappa shape index (κ1) is 13.0. The van der Waals surface area contributed by atoms with Gasteiger partial charge in [-0.05, 0) is 29.5 Å². The smallest absolute Gasteiger partial charge is 0.478 e. The first-order valence-corrected chi connectivity index (χ1v) is 4.94. The van der Waals surface area contributed by atoms with Gasteiger partial charge >= 0.3 is 12.3 Å². The summed E-state index contributed by atoms with van der Waals surface area (Å²) in [5.41, 5.74) is -0.666. The van der Waals surface area contributed by atoms with Crippen LogP contribution in [0, 0.1) is 10.5 Å². The molecule has 1 N–H and O–H groups in total. The minimum Gasteiger partial charge on any atom is -0.478 e. The molecule has 0 bridgehead atoms. The number of aromatic carboxylic acids is 1. The van der Waals surface area contributed by atoms with E-state index in [1.807, 2.05) is 0 Å². The molecule has 0 spiro atoms. The van der Waals surface area contributed by atoms with E-state index >= 15 is 0 Å². The second-order valence-corrected chi connectivity index (χ2v) is 3.91. The molecule has 0 saturated carbocycles. The maximum absolute atomic E-state index is 12.1. The maximum atomic E-state index is 12.1. The van der Waals surface area contributed by atoms with Gasteiger partial charge in [-0.3, -0.25) is 4.98 Å². The Kier molecular flexibility index (Phi) is 3.61. The summed E-state index contributed by atoms with van der Waals surface area (Å²) < 4.78 is 39.9. The second kappa shape index (κ2) is 4.44. The molecule has 8 heteroatoms. The average Bonchev–Trinajstić information content (AvgIpc) is 2.08. The molecule has 0 aromatic carbocycles. The van der Waals surface area contributed by atoms with Gasteiger partial charge in [-0.25, -0.2) is 4.79 Å². The Morgan fingerprint density at radius 1 is 1.56 bits per heavy atom. The van der Waals surface area contributed by atoms with E-state index < -0.39 is 23.6 Å². The maximum Gasteiger partial charge on any atom is 0.573 e. The third-order valence-electron chi connectivity index (χ3n) is 1.60. The molecule has 1 aromatic heterocycles. The largest absolute Gasteiger partial charge is 0.573 e. The Labute approximate surface area is 102 Å². The topological polar surface area (TPSA) is 59.4 Å². The number of rotatable bonds is 2. The number of aryl methyl sites for hydroxylation is 1. The summed E-state index contributed by atoms with van der Waals surface area (Å²) in [6.45, 7) is 1.24. The Morgan fingerprint density at radius 2 is 2.12 bits per heavy atom. The molecule has 4 nitrogen and oxygen atoms in total. The van der Waals surface area contributed by atoms with Gasteiger partial charge in [-0.15, -0.1) is 13.2 Å². The van der Waals surface area contributed by atoms with Crippen LogP contribution in [0.25, 0.3) is 0 Å². The Morgan fingerprint density at radius 3 is 2.56 bits per heavy atom. The molecule has 0 atom stereocenters. The number of pyridine rings is 1. The van der Waals surface area contributed by atoms with E-state index in [0.717, 1.165) is 0 Å². The van der Waals surface area contributed by atoms with Crippen LogP contribution in [0.1, 0.15) is 16.1 Å². The summed E-state index contributed by atoms with van der Waals surface area (Å²) in [5.74, 6) is -2.26. The third kappa shape index (κ3) is 2.97. The second-order valence-electron chi connectivity index (χ2n) is 2.75. The van der Waals surface area contributed by atoms with Crippen molar-refractivity contribution in [2.45, 2.75) is 13.3 Å². The average molecular weight is 347 g/mol. The molecule has 16 heavy (non-hydrogen) atoms. The van der Waals surface area contributed by atoms with Gasteiger partial charge < -0.3 is 9.84 Å². The van der Waals surface area contributed by atoms with Crippen molar-refractivity contribution in [1.29, 1.82) is 0 Å². The van der Waals surface area contributed by atoms with Crippen LogP contribution in [0.2, 0.25) is 0 Å². The van der Waals surface area contributed by atoms with Crippen LogP contribution in [0.4, 0.5) is 13.2 Å². The number of halogens is 4. The van der Waals surface area contributed by atoms with E-state index in [1.165, 1.54) is 13.1 Å². The number of carbonyl (C=O) groups is 1. The number of aromatic nitrogens is 1. The van der Waals surface area contributed by atoms with Gasteiger partial charge in [-0.1, -0.05) is 0 Å². The van der Waals surface area contributed by atoms with Gasteiger partial charge in [-0.2, -0.15) is 0 Å². The molecule has 0 aliphatic heterocycles. The van der Waals surface area contributed by atoms with Crippen LogP contribution in [0.15, 0.2) is 6.20 Å². The molecule has 0 saturated heterocycles. The monoisotopic (exact) mass is 347 g/mol. The normalized spacial score (nSPS) is 11.3. The molecule has 1 aromatic rings. The van der Waals surface area contributed by atoms with Gasteiger partial charge in [0.2, 0.25) is 0 Å². The molecule has 0 fully saturated rings. The minimum absolute atomic E-state index is 0.0787. The number of nitrogens with zero attached hydrogens (tertiary/aromatic N) is 1. The zero-order chi connectivity index (χ0) is 12.5. The summed E-state index contributed by atoms with van der Waals surface area (Å²) >= 11 is 1.58. The van der Waals surface area contributed by atoms with Crippen LogP contribution >= 0.6 is 22.6 Å². The van der Waals surface area contributed by atoms with E-state index in [-0.39, 0.29) is 9.26 Å². The molecule has 0 aliphatic rings. The first-order chi connectivity index (χ1) is 7.22. The molecular weight excluding hydrogens is 342 g/mol. The van der Waals surface area contributed by atoms with Crippen LogP contribution < -0.4 is 4.74 Å². The SMILES string of the molecule is Cc1ncc(I)c(C(=O)O)c1OC(F)(F)F. The standard InChI is InChI=1S/C8H5F3INO3/c1-3-6(16-8(9,10)11)5(7(14)15)4(12)2-13-3/h2H,1H3,(H,14,15). The van der Waals surface area contributed by atoms with Crippen molar-refractivity contribution in [3.63, 3.8) is 0 Å². The lowest BCUT2D eigenvalue weighted by atomic mass is 10.2. The first-order valence-electron chi connectivity index (χ1n) is 3.86. The van der Waals surface area contributed by atoms with Crippen molar-refractivity contribution in [3.05, 3.63) is 21.0 Å². The molecule has 0 aliphatic carbocycles. The Hall–Kier alpha value is -1.06. The summed E-state index contributed by atoms with van der Waals surface area (Å²) in [4.78, 5) is 14.4. The summed E-state index contributed by atoms with van der Waals surface area (Å²) in [7, 11) is 0. The predicted octanol–water partition coefficient (Wildman–Crippen LogP) is 2.59. The van der Waals surface area contributed by atoms with E-state index in [0.29, 0.717) is 0 Å². The lowest BCUT2D eigenvalue weighted by Crippen LogP contribution is -2.20.